The van der Waals surface area contributed by atoms with Gasteiger partial charge in [-0.15, -0.1) is 0 Å². The SMILES string of the molecule is NNC(Cc1cc(Br)ccc1F)c1ccncc1. The van der Waals surface area contributed by atoms with E-state index in [-0.39, 0.29) is 11.9 Å². The molecule has 1 aromatic carbocycles. The lowest BCUT2D eigenvalue weighted by Crippen LogP contribution is -2.29. The molecule has 0 spiro atoms. The Morgan fingerprint density at radius 3 is 2.67 bits per heavy atom. The van der Waals surface area contributed by atoms with E-state index in [0.717, 1.165) is 10.0 Å². The van der Waals surface area contributed by atoms with E-state index in [9.17, 15) is 4.39 Å². The zero-order valence-corrected chi connectivity index (χ0v) is 11.2. The van der Waals surface area contributed by atoms with Gasteiger partial charge in [0, 0.05) is 16.9 Å². The van der Waals surface area contributed by atoms with E-state index in [1.807, 2.05) is 12.1 Å². The Bertz CT molecular complexity index is 519. The highest BCUT2D eigenvalue weighted by Crippen LogP contribution is 2.22. The number of hydrogen-bond acceptors (Lipinski definition) is 3. The molecule has 0 aliphatic carbocycles. The Hall–Kier alpha value is -1.30. The number of nitrogens with one attached hydrogen (secondary N) is 1. The lowest BCUT2D eigenvalue weighted by atomic mass is 10.00. The van der Waals surface area contributed by atoms with Crippen LogP contribution >= 0.6 is 15.9 Å². The van der Waals surface area contributed by atoms with Crippen molar-refractivity contribution in [3.8, 4) is 0 Å². The Kier molecular flexibility index (Phi) is 4.41. The fourth-order valence-corrected chi connectivity index (χ4v) is 2.20. The van der Waals surface area contributed by atoms with E-state index in [1.54, 1.807) is 24.5 Å². The van der Waals surface area contributed by atoms with Gasteiger partial charge in [-0.05, 0) is 47.9 Å². The van der Waals surface area contributed by atoms with Crippen LogP contribution in [0.5, 0.6) is 0 Å². The van der Waals surface area contributed by atoms with Crippen molar-refractivity contribution in [3.05, 3.63) is 64.1 Å². The summed E-state index contributed by atoms with van der Waals surface area (Å²) in [4.78, 5) is 3.95. The molecule has 0 aliphatic heterocycles. The van der Waals surface area contributed by atoms with Crippen molar-refractivity contribution in [2.24, 2.45) is 5.84 Å². The Labute approximate surface area is 113 Å². The quantitative estimate of drug-likeness (QED) is 0.674. The maximum absolute atomic E-state index is 13.7. The van der Waals surface area contributed by atoms with Crippen LogP contribution in [0.1, 0.15) is 17.2 Å². The van der Waals surface area contributed by atoms with Crippen molar-refractivity contribution in [2.75, 3.05) is 0 Å². The molecule has 0 amide bonds. The minimum absolute atomic E-state index is 0.142. The minimum Gasteiger partial charge on any atom is -0.271 e. The third kappa shape index (κ3) is 3.13. The van der Waals surface area contributed by atoms with Gasteiger partial charge in [-0.25, -0.2) is 4.39 Å². The molecule has 0 aliphatic rings. The average Bonchev–Trinajstić information content (AvgIpc) is 2.41. The number of halogens is 2. The summed E-state index contributed by atoms with van der Waals surface area (Å²) in [5, 5.41) is 0. The van der Waals surface area contributed by atoms with E-state index in [1.165, 1.54) is 6.07 Å². The van der Waals surface area contributed by atoms with Crippen molar-refractivity contribution in [1.29, 1.82) is 0 Å². The number of benzene rings is 1. The lowest BCUT2D eigenvalue weighted by molar-refractivity contribution is 0.528. The molecule has 1 aromatic heterocycles. The average molecular weight is 310 g/mol. The van der Waals surface area contributed by atoms with E-state index in [2.05, 4.69) is 26.3 Å². The van der Waals surface area contributed by atoms with Crippen LogP contribution in [0.2, 0.25) is 0 Å². The number of pyridine rings is 1. The standard InChI is InChI=1S/C13H13BrFN3/c14-11-1-2-12(15)10(7-11)8-13(18-16)9-3-5-17-6-4-9/h1-7,13,18H,8,16H2. The maximum Gasteiger partial charge on any atom is 0.126 e. The summed E-state index contributed by atoms with van der Waals surface area (Å²) in [5.41, 5.74) is 4.30. The second kappa shape index (κ2) is 6.04. The van der Waals surface area contributed by atoms with Crippen LogP contribution < -0.4 is 11.3 Å². The first kappa shape index (κ1) is 13.1. The molecule has 5 heteroatoms. The Morgan fingerprint density at radius 1 is 1.28 bits per heavy atom. The molecule has 0 saturated carbocycles. The second-order valence-corrected chi connectivity index (χ2v) is 4.86. The molecule has 3 nitrogen and oxygen atoms in total. The van der Waals surface area contributed by atoms with Gasteiger partial charge in [0.2, 0.25) is 0 Å². The third-order valence-corrected chi connectivity index (χ3v) is 3.23. The first-order valence-electron chi connectivity index (χ1n) is 5.50. The van der Waals surface area contributed by atoms with Gasteiger partial charge in [0.25, 0.3) is 0 Å². The highest BCUT2D eigenvalue weighted by molar-refractivity contribution is 9.10. The fourth-order valence-electron chi connectivity index (χ4n) is 1.79. The molecule has 1 heterocycles. The number of nitrogens with two attached hydrogens (primary N) is 1. The summed E-state index contributed by atoms with van der Waals surface area (Å²) in [6, 6.07) is 8.47. The normalized spacial score (nSPS) is 12.4. The van der Waals surface area contributed by atoms with Crippen molar-refractivity contribution < 1.29 is 4.39 Å². The number of hydrazine groups is 1. The lowest BCUT2D eigenvalue weighted by Gasteiger charge is -2.16. The van der Waals surface area contributed by atoms with Gasteiger partial charge in [-0.2, -0.15) is 0 Å². The fraction of sp³-hybridized carbons (Fsp3) is 0.154. The van der Waals surface area contributed by atoms with Gasteiger partial charge in [-0.3, -0.25) is 16.3 Å². The molecule has 18 heavy (non-hydrogen) atoms. The summed E-state index contributed by atoms with van der Waals surface area (Å²) in [6.07, 6.45) is 3.86. The summed E-state index contributed by atoms with van der Waals surface area (Å²) in [6.45, 7) is 0. The molecule has 1 unspecified atom stereocenters. The zero-order chi connectivity index (χ0) is 13.0. The monoisotopic (exact) mass is 309 g/mol. The molecule has 2 rings (SSSR count). The van der Waals surface area contributed by atoms with Crippen molar-refractivity contribution in [3.63, 3.8) is 0 Å². The third-order valence-electron chi connectivity index (χ3n) is 2.74. The summed E-state index contributed by atoms with van der Waals surface area (Å²) in [5.74, 6) is 5.31. The number of nitrogens with zero attached hydrogens (tertiary/aromatic N) is 1. The first-order chi connectivity index (χ1) is 8.70. The van der Waals surface area contributed by atoms with Gasteiger partial charge in [0.15, 0.2) is 0 Å². The molecule has 94 valence electrons. The predicted octanol–water partition coefficient (Wildman–Crippen LogP) is 2.73. The second-order valence-electron chi connectivity index (χ2n) is 3.94. The molecular formula is C13H13BrFN3. The summed E-state index contributed by atoms with van der Waals surface area (Å²) >= 11 is 3.34. The Balaban J connectivity index is 2.23. The molecule has 0 radical (unpaired) electrons. The number of hydrogen-bond donors (Lipinski definition) is 2. The van der Waals surface area contributed by atoms with Crippen molar-refractivity contribution in [2.45, 2.75) is 12.5 Å². The van der Waals surface area contributed by atoms with Crippen LogP contribution in [-0.2, 0) is 6.42 Å². The summed E-state index contributed by atoms with van der Waals surface area (Å²) in [7, 11) is 0. The van der Waals surface area contributed by atoms with Crippen LogP contribution in [0.4, 0.5) is 4.39 Å². The molecule has 1 atom stereocenters. The molecule has 0 bridgehead atoms. The first-order valence-corrected chi connectivity index (χ1v) is 6.30. The summed E-state index contributed by atoms with van der Waals surface area (Å²) < 4.78 is 14.5. The van der Waals surface area contributed by atoms with Gasteiger partial charge >= 0.3 is 0 Å². The molecule has 2 aromatic rings. The molecule has 0 fully saturated rings. The van der Waals surface area contributed by atoms with Gasteiger partial charge < -0.3 is 0 Å². The van der Waals surface area contributed by atoms with Crippen LogP contribution in [0.25, 0.3) is 0 Å². The molecule has 0 saturated heterocycles. The smallest absolute Gasteiger partial charge is 0.126 e. The minimum atomic E-state index is -0.229. The Morgan fingerprint density at radius 2 is 2.00 bits per heavy atom. The zero-order valence-electron chi connectivity index (χ0n) is 9.61. The largest absolute Gasteiger partial charge is 0.271 e. The highest BCUT2D eigenvalue weighted by Gasteiger charge is 2.13. The number of rotatable bonds is 4. The van der Waals surface area contributed by atoms with Crippen molar-refractivity contribution in [1.82, 2.24) is 10.4 Å². The van der Waals surface area contributed by atoms with Crippen LogP contribution in [0.15, 0.2) is 47.2 Å². The maximum atomic E-state index is 13.7. The van der Waals surface area contributed by atoms with Crippen LogP contribution in [0, 0.1) is 5.82 Å². The van der Waals surface area contributed by atoms with E-state index in [4.69, 9.17) is 5.84 Å². The van der Waals surface area contributed by atoms with E-state index in [0.29, 0.717) is 12.0 Å². The predicted molar refractivity (Wildman–Crippen MR) is 72.1 cm³/mol. The topological polar surface area (TPSA) is 50.9 Å². The van der Waals surface area contributed by atoms with E-state index >= 15 is 0 Å². The van der Waals surface area contributed by atoms with Crippen LogP contribution in [-0.4, -0.2) is 4.98 Å². The van der Waals surface area contributed by atoms with E-state index < -0.39 is 0 Å². The van der Waals surface area contributed by atoms with Gasteiger partial charge in [0.05, 0.1) is 6.04 Å². The van der Waals surface area contributed by atoms with Crippen LogP contribution in [0.3, 0.4) is 0 Å². The highest BCUT2D eigenvalue weighted by atomic mass is 79.9. The van der Waals surface area contributed by atoms with Gasteiger partial charge in [-0.1, -0.05) is 15.9 Å². The van der Waals surface area contributed by atoms with Crippen molar-refractivity contribution >= 4 is 15.9 Å². The van der Waals surface area contributed by atoms with Gasteiger partial charge in [0.1, 0.15) is 5.82 Å². The molecular weight excluding hydrogens is 297 g/mol. The number of aromatic nitrogens is 1. The molecule has 3 N–H and O–H groups in total.